The van der Waals surface area contributed by atoms with E-state index in [0.29, 0.717) is 24.2 Å². The van der Waals surface area contributed by atoms with E-state index in [-0.39, 0.29) is 18.4 Å². The summed E-state index contributed by atoms with van der Waals surface area (Å²) >= 11 is 0. The number of benzene rings is 1. The molecule has 0 aliphatic carbocycles. The fourth-order valence-corrected chi connectivity index (χ4v) is 2.20. The number of unbranched alkanes of at least 4 members (excludes halogenated alkanes) is 1. The third kappa shape index (κ3) is 8.57. The van der Waals surface area contributed by atoms with Gasteiger partial charge < -0.3 is 20.3 Å². The third-order valence-corrected chi connectivity index (χ3v) is 3.64. The minimum atomic E-state index is -0.566. The Morgan fingerprint density at radius 3 is 2.44 bits per heavy atom. The molecule has 0 spiro atoms. The predicted molar refractivity (Wildman–Crippen MR) is 106 cm³/mol. The van der Waals surface area contributed by atoms with Crippen LogP contribution in [0, 0.1) is 0 Å². The first-order valence-electron chi connectivity index (χ1n) is 9.25. The van der Waals surface area contributed by atoms with Crippen molar-refractivity contribution >= 4 is 23.6 Å². The highest BCUT2D eigenvalue weighted by molar-refractivity contribution is 6.03. The molecule has 0 aliphatic heterocycles. The van der Waals surface area contributed by atoms with Crippen LogP contribution in [0.2, 0.25) is 0 Å². The number of hydrogen-bond donors (Lipinski definition) is 2. The lowest BCUT2D eigenvalue weighted by molar-refractivity contribution is -0.116. The van der Waals surface area contributed by atoms with Crippen molar-refractivity contribution in [1.29, 1.82) is 0 Å². The maximum atomic E-state index is 12.4. The first-order valence-corrected chi connectivity index (χ1v) is 9.25. The largest absolute Gasteiger partial charge is 0.444 e. The van der Waals surface area contributed by atoms with Gasteiger partial charge in [-0.05, 0) is 39.3 Å². The van der Waals surface area contributed by atoms with Crippen molar-refractivity contribution in [2.45, 2.75) is 52.6 Å². The molecule has 0 radical (unpaired) electrons. The van der Waals surface area contributed by atoms with Crippen molar-refractivity contribution in [3.63, 3.8) is 0 Å². The first-order chi connectivity index (χ1) is 12.6. The molecule has 0 aromatic heterocycles. The summed E-state index contributed by atoms with van der Waals surface area (Å²) in [6, 6.07) is 6.86. The van der Waals surface area contributed by atoms with Crippen LogP contribution >= 0.6 is 0 Å². The van der Waals surface area contributed by atoms with E-state index >= 15 is 0 Å². The molecular formula is C20H31N3O4. The van der Waals surface area contributed by atoms with Crippen LogP contribution in [0.15, 0.2) is 24.3 Å². The van der Waals surface area contributed by atoms with Crippen LogP contribution in [0.5, 0.6) is 0 Å². The summed E-state index contributed by atoms with van der Waals surface area (Å²) in [6.45, 7) is 7.99. The zero-order valence-electron chi connectivity index (χ0n) is 16.9. The van der Waals surface area contributed by atoms with Gasteiger partial charge in [0, 0.05) is 26.6 Å². The summed E-state index contributed by atoms with van der Waals surface area (Å²) < 4.78 is 5.26. The summed E-state index contributed by atoms with van der Waals surface area (Å²) in [4.78, 5) is 37.7. The number of ether oxygens (including phenoxy) is 1. The van der Waals surface area contributed by atoms with Crippen LogP contribution in [0.4, 0.5) is 10.5 Å². The Bertz CT molecular complexity index is 653. The monoisotopic (exact) mass is 377 g/mol. The Kier molecular flexibility index (Phi) is 8.78. The minimum Gasteiger partial charge on any atom is -0.444 e. The van der Waals surface area contributed by atoms with Gasteiger partial charge in [0.1, 0.15) is 5.60 Å². The van der Waals surface area contributed by atoms with Crippen molar-refractivity contribution in [3.8, 4) is 0 Å². The molecule has 7 heteroatoms. The molecule has 2 N–H and O–H groups in total. The summed E-state index contributed by atoms with van der Waals surface area (Å²) in [5, 5.41) is 5.55. The smallest absolute Gasteiger partial charge is 0.410 e. The molecule has 3 amide bonds. The van der Waals surface area contributed by atoms with Gasteiger partial charge in [-0.15, -0.1) is 0 Å². The third-order valence-electron chi connectivity index (χ3n) is 3.64. The van der Waals surface area contributed by atoms with Crippen LogP contribution in [-0.2, 0) is 9.53 Å². The van der Waals surface area contributed by atoms with Crippen molar-refractivity contribution < 1.29 is 19.1 Å². The number of para-hydroxylation sites is 1. The summed E-state index contributed by atoms with van der Waals surface area (Å²) in [7, 11) is 1.61. The molecule has 7 nitrogen and oxygen atoms in total. The van der Waals surface area contributed by atoms with Crippen LogP contribution in [0.25, 0.3) is 0 Å². The number of nitrogens with zero attached hydrogens (tertiary/aromatic N) is 1. The molecule has 1 rings (SSSR count). The van der Waals surface area contributed by atoms with Crippen molar-refractivity contribution in [1.82, 2.24) is 10.2 Å². The number of anilines is 1. The van der Waals surface area contributed by atoms with E-state index in [1.54, 1.807) is 52.1 Å². The lowest BCUT2D eigenvalue weighted by Gasteiger charge is -2.24. The summed E-state index contributed by atoms with van der Waals surface area (Å²) in [6.07, 6.45) is 1.71. The van der Waals surface area contributed by atoms with Gasteiger partial charge in [-0.3, -0.25) is 9.59 Å². The van der Waals surface area contributed by atoms with Crippen molar-refractivity contribution in [2.75, 3.05) is 25.5 Å². The molecule has 0 saturated carbocycles. The quantitative estimate of drug-likeness (QED) is 0.727. The number of rotatable bonds is 8. The highest BCUT2D eigenvalue weighted by Gasteiger charge is 2.19. The maximum absolute atomic E-state index is 12.4. The molecule has 0 unspecified atom stereocenters. The molecule has 1 aromatic carbocycles. The van der Waals surface area contributed by atoms with E-state index in [9.17, 15) is 14.4 Å². The topological polar surface area (TPSA) is 87.7 Å². The Hall–Kier alpha value is -2.57. The van der Waals surface area contributed by atoms with Gasteiger partial charge in [-0.1, -0.05) is 25.5 Å². The molecule has 0 fully saturated rings. The SMILES string of the molecule is CCCCC(=O)Nc1ccccc1C(=O)NCCN(C)C(=O)OC(C)(C)C. The van der Waals surface area contributed by atoms with Gasteiger partial charge in [0.25, 0.3) is 5.91 Å². The normalized spacial score (nSPS) is 10.9. The van der Waals surface area contributed by atoms with Gasteiger partial charge in [0.15, 0.2) is 0 Å². The van der Waals surface area contributed by atoms with Gasteiger partial charge >= 0.3 is 6.09 Å². The first kappa shape index (κ1) is 22.5. The van der Waals surface area contributed by atoms with Gasteiger partial charge in [0.2, 0.25) is 5.91 Å². The Morgan fingerprint density at radius 1 is 1.15 bits per heavy atom. The summed E-state index contributed by atoms with van der Waals surface area (Å²) in [5.41, 5.74) is 0.308. The minimum absolute atomic E-state index is 0.109. The van der Waals surface area contributed by atoms with E-state index < -0.39 is 11.7 Å². The molecule has 1 aromatic rings. The molecular weight excluding hydrogens is 346 g/mol. The second-order valence-electron chi connectivity index (χ2n) is 7.36. The number of carbonyl (C=O) groups is 3. The number of carbonyl (C=O) groups excluding carboxylic acids is 3. The second kappa shape index (κ2) is 10.5. The molecule has 27 heavy (non-hydrogen) atoms. The number of hydrogen-bond acceptors (Lipinski definition) is 4. The highest BCUT2D eigenvalue weighted by Crippen LogP contribution is 2.15. The highest BCUT2D eigenvalue weighted by atomic mass is 16.6. The fourth-order valence-electron chi connectivity index (χ4n) is 2.20. The van der Waals surface area contributed by atoms with E-state index in [1.807, 2.05) is 6.92 Å². The maximum Gasteiger partial charge on any atom is 0.410 e. The van der Waals surface area contributed by atoms with Crippen LogP contribution < -0.4 is 10.6 Å². The Balaban J connectivity index is 2.58. The van der Waals surface area contributed by atoms with Gasteiger partial charge in [-0.25, -0.2) is 4.79 Å². The summed E-state index contributed by atoms with van der Waals surface area (Å²) in [5.74, 6) is -0.416. The van der Waals surface area contributed by atoms with Crippen LogP contribution in [0.3, 0.4) is 0 Å². The second-order valence-corrected chi connectivity index (χ2v) is 7.36. The molecule has 0 aliphatic rings. The zero-order chi connectivity index (χ0) is 20.4. The van der Waals surface area contributed by atoms with E-state index in [2.05, 4.69) is 10.6 Å². The molecule has 0 atom stereocenters. The number of amides is 3. The van der Waals surface area contributed by atoms with Crippen molar-refractivity contribution in [3.05, 3.63) is 29.8 Å². The fraction of sp³-hybridized carbons (Fsp3) is 0.550. The number of nitrogens with one attached hydrogen (secondary N) is 2. The Labute approximate surface area is 161 Å². The van der Waals surface area contributed by atoms with E-state index in [4.69, 9.17) is 4.74 Å². The average molecular weight is 377 g/mol. The zero-order valence-corrected chi connectivity index (χ0v) is 16.9. The van der Waals surface area contributed by atoms with Gasteiger partial charge in [0.05, 0.1) is 11.3 Å². The van der Waals surface area contributed by atoms with Crippen molar-refractivity contribution in [2.24, 2.45) is 0 Å². The lowest BCUT2D eigenvalue weighted by Crippen LogP contribution is -2.39. The molecule has 0 saturated heterocycles. The Morgan fingerprint density at radius 2 is 1.81 bits per heavy atom. The molecule has 0 heterocycles. The lowest BCUT2D eigenvalue weighted by atomic mass is 10.1. The van der Waals surface area contributed by atoms with E-state index in [0.717, 1.165) is 12.8 Å². The van der Waals surface area contributed by atoms with Crippen LogP contribution in [0.1, 0.15) is 57.3 Å². The van der Waals surface area contributed by atoms with Gasteiger partial charge in [-0.2, -0.15) is 0 Å². The number of likely N-dealkylation sites (N-methyl/N-ethyl adjacent to an activating group) is 1. The van der Waals surface area contributed by atoms with E-state index in [1.165, 1.54) is 4.90 Å². The predicted octanol–water partition coefficient (Wildman–Crippen LogP) is 3.41. The average Bonchev–Trinajstić information content (AvgIpc) is 2.58. The molecule has 0 bridgehead atoms. The standard InChI is InChI=1S/C20H31N3O4/c1-6-7-12-17(24)22-16-11-9-8-10-15(16)18(25)21-13-14-23(5)19(26)27-20(2,3)4/h8-11H,6-7,12-14H2,1-5H3,(H,21,25)(H,22,24). The van der Waals surface area contributed by atoms with Crippen LogP contribution in [-0.4, -0.2) is 48.5 Å². The molecule has 150 valence electrons.